The van der Waals surface area contributed by atoms with Gasteiger partial charge in [-0.05, 0) is 42.8 Å². The Morgan fingerprint density at radius 1 is 1.26 bits per heavy atom. The van der Waals surface area contributed by atoms with Gasteiger partial charge in [0.2, 0.25) is 0 Å². The molecule has 1 N–H and O–H groups in total. The monoisotopic (exact) mass is 276 g/mol. The van der Waals surface area contributed by atoms with Crippen molar-refractivity contribution in [1.82, 2.24) is 0 Å². The van der Waals surface area contributed by atoms with E-state index < -0.39 is 5.97 Å². The van der Waals surface area contributed by atoms with E-state index in [4.69, 9.17) is 21.4 Å². The molecule has 2 aromatic carbocycles. The highest BCUT2D eigenvalue weighted by Gasteiger charge is 2.08. The second-order valence-corrected chi connectivity index (χ2v) is 4.37. The van der Waals surface area contributed by atoms with Gasteiger partial charge in [0.15, 0.2) is 0 Å². The Hall–Kier alpha value is -2.00. The number of aromatic carboxylic acids is 1. The molecule has 0 aromatic heterocycles. The molecule has 2 aromatic rings. The molecule has 0 amide bonds. The molecular formula is C15H13ClO3. The number of carbonyl (C=O) groups is 1. The van der Waals surface area contributed by atoms with Crippen molar-refractivity contribution in [3.63, 3.8) is 0 Å². The third kappa shape index (κ3) is 3.06. The topological polar surface area (TPSA) is 46.5 Å². The van der Waals surface area contributed by atoms with Crippen molar-refractivity contribution in [2.75, 3.05) is 6.61 Å². The lowest BCUT2D eigenvalue weighted by molar-refractivity contribution is 0.0697. The normalized spacial score (nSPS) is 10.2. The molecule has 19 heavy (non-hydrogen) atoms. The second kappa shape index (κ2) is 5.76. The highest BCUT2D eigenvalue weighted by atomic mass is 35.5. The predicted molar refractivity (Wildman–Crippen MR) is 75.0 cm³/mol. The largest absolute Gasteiger partial charge is 0.494 e. The standard InChI is InChI=1S/C15H13ClO3/c1-2-19-12-6-7-13(14(16)9-12)10-4-3-5-11(8-10)15(17)18/h3-9H,2H2,1H3,(H,17,18). The van der Waals surface area contributed by atoms with Crippen molar-refractivity contribution in [3.05, 3.63) is 53.1 Å². The van der Waals surface area contributed by atoms with Crippen LogP contribution in [-0.2, 0) is 0 Å². The van der Waals surface area contributed by atoms with Gasteiger partial charge in [-0.25, -0.2) is 4.79 Å². The number of halogens is 1. The number of hydrogen-bond acceptors (Lipinski definition) is 2. The lowest BCUT2D eigenvalue weighted by Gasteiger charge is -2.08. The van der Waals surface area contributed by atoms with Crippen LogP contribution >= 0.6 is 11.6 Å². The predicted octanol–water partition coefficient (Wildman–Crippen LogP) is 4.10. The molecule has 98 valence electrons. The van der Waals surface area contributed by atoms with Crippen LogP contribution < -0.4 is 4.74 Å². The molecule has 0 aliphatic rings. The van der Waals surface area contributed by atoms with Gasteiger partial charge in [0.25, 0.3) is 0 Å². The quantitative estimate of drug-likeness (QED) is 0.914. The number of carboxylic acids is 1. The van der Waals surface area contributed by atoms with Gasteiger partial charge in [0, 0.05) is 5.56 Å². The van der Waals surface area contributed by atoms with Gasteiger partial charge in [-0.1, -0.05) is 23.7 Å². The minimum atomic E-state index is -0.955. The molecule has 0 unspecified atom stereocenters. The molecule has 0 saturated heterocycles. The van der Waals surface area contributed by atoms with Crippen LogP contribution in [0.1, 0.15) is 17.3 Å². The van der Waals surface area contributed by atoms with Gasteiger partial charge < -0.3 is 9.84 Å². The third-order valence-electron chi connectivity index (χ3n) is 2.67. The van der Waals surface area contributed by atoms with E-state index in [9.17, 15) is 4.79 Å². The van der Waals surface area contributed by atoms with E-state index in [0.717, 1.165) is 11.1 Å². The van der Waals surface area contributed by atoms with E-state index in [1.165, 1.54) is 0 Å². The van der Waals surface area contributed by atoms with E-state index in [1.807, 2.05) is 25.1 Å². The number of ether oxygens (including phenoxy) is 1. The third-order valence-corrected chi connectivity index (χ3v) is 2.98. The summed E-state index contributed by atoms with van der Waals surface area (Å²) in [5.74, 6) is -0.255. The smallest absolute Gasteiger partial charge is 0.335 e. The molecule has 0 fully saturated rings. The Labute approximate surface area is 116 Å². The molecule has 0 aliphatic carbocycles. The maximum Gasteiger partial charge on any atom is 0.335 e. The van der Waals surface area contributed by atoms with Crippen LogP contribution in [0.25, 0.3) is 11.1 Å². The summed E-state index contributed by atoms with van der Waals surface area (Å²) in [7, 11) is 0. The minimum absolute atomic E-state index is 0.238. The molecule has 0 aliphatic heterocycles. The SMILES string of the molecule is CCOc1ccc(-c2cccc(C(=O)O)c2)c(Cl)c1. The first-order chi connectivity index (χ1) is 9.11. The zero-order valence-corrected chi connectivity index (χ0v) is 11.1. The van der Waals surface area contributed by atoms with Crippen LogP contribution in [0.15, 0.2) is 42.5 Å². The maximum absolute atomic E-state index is 11.0. The van der Waals surface area contributed by atoms with Crippen LogP contribution in [0.4, 0.5) is 0 Å². The number of carboxylic acid groups (broad SMARTS) is 1. The fourth-order valence-corrected chi connectivity index (χ4v) is 2.09. The van der Waals surface area contributed by atoms with Gasteiger partial charge in [0.05, 0.1) is 17.2 Å². The summed E-state index contributed by atoms with van der Waals surface area (Å²) in [4.78, 5) is 11.0. The Kier molecular flexibility index (Phi) is 4.07. The molecular weight excluding hydrogens is 264 g/mol. The molecule has 0 atom stereocenters. The first kappa shape index (κ1) is 13.4. The Bertz CT molecular complexity index is 608. The zero-order valence-electron chi connectivity index (χ0n) is 10.4. The average molecular weight is 277 g/mol. The summed E-state index contributed by atoms with van der Waals surface area (Å²) in [5.41, 5.74) is 1.80. The van der Waals surface area contributed by atoms with Crippen molar-refractivity contribution in [2.24, 2.45) is 0 Å². The number of rotatable bonds is 4. The van der Waals surface area contributed by atoms with E-state index in [2.05, 4.69) is 0 Å². The van der Waals surface area contributed by atoms with Gasteiger partial charge >= 0.3 is 5.97 Å². The van der Waals surface area contributed by atoms with Gasteiger partial charge in [-0.3, -0.25) is 0 Å². The number of hydrogen-bond donors (Lipinski definition) is 1. The molecule has 0 heterocycles. The van der Waals surface area contributed by atoms with Crippen LogP contribution in [0.5, 0.6) is 5.75 Å². The lowest BCUT2D eigenvalue weighted by Crippen LogP contribution is -1.96. The molecule has 0 saturated carbocycles. The Morgan fingerprint density at radius 3 is 2.68 bits per heavy atom. The fraction of sp³-hybridized carbons (Fsp3) is 0.133. The molecule has 2 rings (SSSR count). The summed E-state index contributed by atoms with van der Waals surface area (Å²) < 4.78 is 5.36. The van der Waals surface area contributed by atoms with Crippen LogP contribution in [0.2, 0.25) is 5.02 Å². The summed E-state index contributed by atoms with van der Waals surface area (Å²) in [6, 6.07) is 12.1. The average Bonchev–Trinajstić information content (AvgIpc) is 2.39. The van der Waals surface area contributed by atoms with E-state index in [1.54, 1.807) is 24.3 Å². The lowest BCUT2D eigenvalue weighted by atomic mass is 10.0. The minimum Gasteiger partial charge on any atom is -0.494 e. The maximum atomic E-state index is 11.0. The van der Waals surface area contributed by atoms with E-state index in [0.29, 0.717) is 17.4 Å². The van der Waals surface area contributed by atoms with Crippen LogP contribution in [0.3, 0.4) is 0 Å². The van der Waals surface area contributed by atoms with Gasteiger partial charge in [0.1, 0.15) is 5.75 Å². The van der Waals surface area contributed by atoms with Crippen molar-refractivity contribution in [1.29, 1.82) is 0 Å². The van der Waals surface area contributed by atoms with E-state index in [-0.39, 0.29) is 5.56 Å². The van der Waals surface area contributed by atoms with Crippen molar-refractivity contribution >= 4 is 17.6 Å². The Morgan fingerprint density at radius 2 is 2.05 bits per heavy atom. The summed E-state index contributed by atoms with van der Waals surface area (Å²) in [5, 5.41) is 9.52. The molecule has 4 heteroatoms. The first-order valence-electron chi connectivity index (χ1n) is 5.88. The highest BCUT2D eigenvalue weighted by molar-refractivity contribution is 6.33. The zero-order chi connectivity index (χ0) is 13.8. The van der Waals surface area contributed by atoms with Crippen LogP contribution in [-0.4, -0.2) is 17.7 Å². The summed E-state index contributed by atoms with van der Waals surface area (Å²) >= 11 is 6.20. The molecule has 0 radical (unpaired) electrons. The number of benzene rings is 2. The van der Waals surface area contributed by atoms with Gasteiger partial charge in [-0.15, -0.1) is 0 Å². The van der Waals surface area contributed by atoms with Crippen molar-refractivity contribution in [2.45, 2.75) is 6.92 Å². The Balaban J connectivity index is 2.41. The van der Waals surface area contributed by atoms with Crippen LogP contribution in [0, 0.1) is 0 Å². The molecule has 3 nitrogen and oxygen atoms in total. The molecule has 0 spiro atoms. The fourth-order valence-electron chi connectivity index (χ4n) is 1.81. The second-order valence-electron chi connectivity index (χ2n) is 3.96. The molecule has 0 bridgehead atoms. The van der Waals surface area contributed by atoms with Crippen molar-refractivity contribution in [3.8, 4) is 16.9 Å². The summed E-state index contributed by atoms with van der Waals surface area (Å²) in [6.45, 7) is 2.47. The van der Waals surface area contributed by atoms with Gasteiger partial charge in [-0.2, -0.15) is 0 Å². The highest BCUT2D eigenvalue weighted by Crippen LogP contribution is 2.31. The summed E-state index contributed by atoms with van der Waals surface area (Å²) in [6.07, 6.45) is 0. The van der Waals surface area contributed by atoms with Crippen molar-refractivity contribution < 1.29 is 14.6 Å². The first-order valence-corrected chi connectivity index (χ1v) is 6.25. The van der Waals surface area contributed by atoms with E-state index >= 15 is 0 Å².